The van der Waals surface area contributed by atoms with Crippen LogP contribution in [0.2, 0.25) is 0 Å². The van der Waals surface area contributed by atoms with Crippen LogP contribution in [0.25, 0.3) is 0 Å². The Morgan fingerprint density at radius 1 is 1.06 bits per heavy atom. The van der Waals surface area contributed by atoms with Crippen molar-refractivity contribution in [3.63, 3.8) is 0 Å². The number of nitrogens with zero attached hydrogens (tertiary/aromatic N) is 4. The van der Waals surface area contributed by atoms with Crippen molar-refractivity contribution in [1.82, 2.24) is 20.5 Å². The van der Waals surface area contributed by atoms with Crippen molar-refractivity contribution in [3.8, 4) is 0 Å². The second-order valence-electron chi connectivity index (χ2n) is 9.52. The van der Waals surface area contributed by atoms with Crippen LogP contribution in [-0.4, -0.2) is 60.5 Å². The summed E-state index contributed by atoms with van der Waals surface area (Å²) in [4.78, 5) is 26.7. The molecule has 1 amide bonds. The second kappa shape index (κ2) is 13.3. The number of aromatic nitrogens is 1. The Hall–Kier alpha value is -1.58. The van der Waals surface area contributed by atoms with E-state index in [0.717, 1.165) is 69.3 Å². The molecule has 2 aliphatic heterocycles. The standard InChI is InChI=1S/C25H40N6O.HI/c1-2-26-25(29-22-13-16-31(19-22)24(32)21-9-5-6-10-21)28-18-20-11-12-23(27-17-20)30-14-7-3-4-8-15-30;/h11-12,17,21-22H,2-10,13-16,18-19H2,1H3,(H2,26,28,29);1H. The van der Waals surface area contributed by atoms with Crippen molar-refractivity contribution in [1.29, 1.82) is 0 Å². The summed E-state index contributed by atoms with van der Waals surface area (Å²) < 4.78 is 0. The van der Waals surface area contributed by atoms with Gasteiger partial charge >= 0.3 is 0 Å². The van der Waals surface area contributed by atoms with E-state index in [1.54, 1.807) is 0 Å². The fourth-order valence-electron chi connectivity index (χ4n) is 5.19. The Morgan fingerprint density at radius 3 is 2.48 bits per heavy atom. The van der Waals surface area contributed by atoms with Crippen molar-refractivity contribution in [2.24, 2.45) is 10.9 Å². The molecule has 8 heteroatoms. The number of guanidine groups is 1. The average molecular weight is 569 g/mol. The van der Waals surface area contributed by atoms with E-state index < -0.39 is 0 Å². The van der Waals surface area contributed by atoms with Crippen molar-refractivity contribution in [2.75, 3.05) is 37.6 Å². The zero-order valence-corrected chi connectivity index (χ0v) is 22.4. The number of hydrogen-bond donors (Lipinski definition) is 2. The fraction of sp³-hybridized carbons (Fsp3) is 0.720. The number of pyridine rings is 1. The maximum atomic E-state index is 12.7. The van der Waals surface area contributed by atoms with Crippen LogP contribution < -0.4 is 15.5 Å². The smallest absolute Gasteiger partial charge is 0.225 e. The highest BCUT2D eigenvalue weighted by Gasteiger charge is 2.32. The SMILES string of the molecule is CCNC(=NCc1ccc(N2CCCCCC2)nc1)NC1CCN(C(=O)C2CCCC2)C1.I. The Morgan fingerprint density at radius 2 is 1.82 bits per heavy atom. The summed E-state index contributed by atoms with van der Waals surface area (Å²) in [6, 6.07) is 4.56. The molecule has 1 aliphatic carbocycles. The molecule has 0 radical (unpaired) electrons. The highest BCUT2D eigenvalue weighted by atomic mass is 127. The van der Waals surface area contributed by atoms with E-state index in [0.29, 0.717) is 12.5 Å². The number of likely N-dealkylation sites (tertiary alicyclic amines) is 1. The number of carbonyl (C=O) groups excluding carboxylic acids is 1. The molecule has 33 heavy (non-hydrogen) atoms. The van der Waals surface area contributed by atoms with Gasteiger partial charge in [-0.05, 0) is 50.7 Å². The van der Waals surface area contributed by atoms with E-state index in [4.69, 9.17) is 9.98 Å². The van der Waals surface area contributed by atoms with Crippen LogP contribution in [0.5, 0.6) is 0 Å². The van der Waals surface area contributed by atoms with Gasteiger partial charge < -0.3 is 20.4 Å². The molecule has 3 fully saturated rings. The molecule has 3 heterocycles. The van der Waals surface area contributed by atoms with Crippen LogP contribution in [0.4, 0.5) is 5.82 Å². The minimum absolute atomic E-state index is 0. The molecule has 7 nitrogen and oxygen atoms in total. The Labute approximate surface area is 216 Å². The lowest BCUT2D eigenvalue weighted by Gasteiger charge is -2.22. The van der Waals surface area contributed by atoms with Crippen molar-refractivity contribution in [2.45, 2.75) is 77.3 Å². The number of rotatable bonds is 6. The van der Waals surface area contributed by atoms with Crippen LogP contribution in [0.3, 0.4) is 0 Å². The molecule has 1 aromatic heterocycles. The van der Waals surface area contributed by atoms with Crippen LogP contribution in [0.1, 0.15) is 70.3 Å². The molecular weight excluding hydrogens is 527 g/mol. The lowest BCUT2D eigenvalue weighted by Crippen LogP contribution is -2.45. The van der Waals surface area contributed by atoms with Gasteiger partial charge in [-0.25, -0.2) is 9.98 Å². The van der Waals surface area contributed by atoms with Crippen LogP contribution in [0.15, 0.2) is 23.3 Å². The molecule has 4 rings (SSSR count). The highest BCUT2D eigenvalue weighted by molar-refractivity contribution is 14.0. The summed E-state index contributed by atoms with van der Waals surface area (Å²) in [6.45, 7) is 7.36. The van der Waals surface area contributed by atoms with Gasteiger partial charge in [0.05, 0.1) is 6.54 Å². The number of nitrogens with one attached hydrogen (secondary N) is 2. The van der Waals surface area contributed by atoms with Crippen molar-refractivity contribution >= 4 is 41.7 Å². The molecular formula is C25H41IN6O. The minimum Gasteiger partial charge on any atom is -0.357 e. The van der Waals surface area contributed by atoms with Gasteiger partial charge in [0.1, 0.15) is 5.82 Å². The molecule has 1 saturated carbocycles. The molecule has 1 unspecified atom stereocenters. The Balaban J connectivity index is 0.00000306. The second-order valence-corrected chi connectivity index (χ2v) is 9.52. The van der Waals surface area contributed by atoms with Crippen LogP contribution in [-0.2, 0) is 11.3 Å². The van der Waals surface area contributed by atoms with E-state index in [1.165, 1.54) is 38.5 Å². The van der Waals surface area contributed by atoms with Gasteiger partial charge in [-0.1, -0.05) is 31.7 Å². The number of carbonyl (C=O) groups is 1. The molecule has 0 spiro atoms. The molecule has 0 aromatic carbocycles. The Kier molecular flexibility index (Phi) is 10.5. The molecule has 2 N–H and O–H groups in total. The van der Waals surface area contributed by atoms with E-state index in [9.17, 15) is 4.79 Å². The molecule has 1 atom stereocenters. The summed E-state index contributed by atoms with van der Waals surface area (Å²) in [6.07, 6.45) is 12.7. The first-order valence-electron chi connectivity index (χ1n) is 12.8. The minimum atomic E-state index is 0. The van der Waals surface area contributed by atoms with Gasteiger partial charge in [0, 0.05) is 50.9 Å². The number of halogens is 1. The lowest BCUT2D eigenvalue weighted by molar-refractivity contribution is -0.134. The van der Waals surface area contributed by atoms with Gasteiger partial charge in [0.25, 0.3) is 0 Å². The van der Waals surface area contributed by atoms with Crippen LogP contribution in [0, 0.1) is 5.92 Å². The molecule has 0 bridgehead atoms. The fourth-order valence-corrected chi connectivity index (χ4v) is 5.19. The monoisotopic (exact) mass is 568 g/mol. The third-order valence-electron chi connectivity index (χ3n) is 7.05. The van der Waals surface area contributed by atoms with Gasteiger partial charge in [0.2, 0.25) is 5.91 Å². The van der Waals surface area contributed by atoms with E-state index >= 15 is 0 Å². The maximum absolute atomic E-state index is 12.7. The van der Waals surface area contributed by atoms with E-state index in [1.807, 2.05) is 6.20 Å². The van der Waals surface area contributed by atoms with E-state index in [2.05, 4.69) is 39.5 Å². The summed E-state index contributed by atoms with van der Waals surface area (Å²) >= 11 is 0. The zero-order chi connectivity index (χ0) is 22.2. The zero-order valence-electron chi connectivity index (χ0n) is 20.1. The summed E-state index contributed by atoms with van der Waals surface area (Å²) in [5.74, 6) is 2.54. The summed E-state index contributed by atoms with van der Waals surface area (Å²) in [5, 5.41) is 6.90. The highest BCUT2D eigenvalue weighted by Crippen LogP contribution is 2.27. The number of amides is 1. The summed E-state index contributed by atoms with van der Waals surface area (Å²) in [7, 11) is 0. The maximum Gasteiger partial charge on any atom is 0.225 e. The van der Waals surface area contributed by atoms with Crippen LogP contribution >= 0.6 is 24.0 Å². The predicted octanol–water partition coefficient (Wildman–Crippen LogP) is 3.93. The number of hydrogen-bond acceptors (Lipinski definition) is 4. The first kappa shape index (κ1) is 26.0. The predicted molar refractivity (Wildman–Crippen MR) is 145 cm³/mol. The molecule has 1 aromatic rings. The first-order valence-corrected chi connectivity index (χ1v) is 12.8. The van der Waals surface area contributed by atoms with Gasteiger partial charge in [-0.2, -0.15) is 0 Å². The van der Waals surface area contributed by atoms with Gasteiger partial charge in [-0.3, -0.25) is 4.79 Å². The molecule has 2 saturated heterocycles. The van der Waals surface area contributed by atoms with E-state index in [-0.39, 0.29) is 35.9 Å². The first-order chi connectivity index (χ1) is 15.7. The summed E-state index contributed by atoms with van der Waals surface area (Å²) in [5.41, 5.74) is 1.12. The average Bonchev–Trinajstić information content (AvgIpc) is 3.45. The third kappa shape index (κ3) is 7.45. The Bertz CT molecular complexity index is 757. The van der Waals surface area contributed by atoms with Crippen molar-refractivity contribution < 1.29 is 4.79 Å². The lowest BCUT2D eigenvalue weighted by atomic mass is 10.1. The normalized spacial score (nSPS) is 22.1. The van der Waals surface area contributed by atoms with Gasteiger partial charge in [0.15, 0.2) is 5.96 Å². The third-order valence-corrected chi connectivity index (χ3v) is 7.05. The molecule has 184 valence electrons. The number of aliphatic imine (C=N–C) groups is 1. The number of anilines is 1. The quantitative estimate of drug-likeness (QED) is 0.309. The van der Waals surface area contributed by atoms with Gasteiger partial charge in [-0.15, -0.1) is 24.0 Å². The van der Waals surface area contributed by atoms with Crippen molar-refractivity contribution in [3.05, 3.63) is 23.9 Å². The molecule has 3 aliphatic rings. The largest absolute Gasteiger partial charge is 0.357 e. The topological polar surface area (TPSA) is 72.9 Å².